The summed E-state index contributed by atoms with van der Waals surface area (Å²) in [6.45, 7) is 4.54. The summed E-state index contributed by atoms with van der Waals surface area (Å²) in [6.07, 6.45) is 4.98. The van der Waals surface area contributed by atoms with Crippen molar-refractivity contribution in [1.82, 2.24) is 9.55 Å². The highest BCUT2D eigenvalue weighted by atomic mass is 16.2. The average Bonchev–Trinajstić information content (AvgIpc) is 2.66. The van der Waals surface area contributed by atoms with Crippen LogP contribution in [0.2, 0.25) is 0 Å². The van der Waals surface area contributed by atoms with Crippen molar-refractivity contribution in [3.05, 3.63) is 93.7 Å². The van der Waals surface area contributed by atoms with Gasteiger partial charge in [-0.1, -0.05) is 31.5 Å². The van der Waals surface area contributed by atoms with E-state index in [0.29, 0.717) is 18.7 Å². The molecule has 0 bridgehead atoms. The molecule has 0 aliphatic heterocycles. The van der Waals surface area contributed by atoms with Gasteiger partial charge in [0.1, 0.15) is 5.56 Å². The summed E-state index contributed by atoms with van der Waals surface area (Å²) in [6, 6.07) is 14.6. The van der Waals surface area contributed by atoms with E-state index in [9.17, 15) is 9.59 Å². The lowest BCUT2D eigenvalue weighted by Crippen LogP contribution is -2.28. The Balaban J connectivity index is 2.05. The van der Waals surface area contributed by atoms with Gasteiger partial charge in [0.15, 0.2) is 5.43 Å². The van der Waals surface area contributed by atoms with Gasteiger partial charge < -0.3 is 9.88 Å². The number of rotatable bonds is 6. The summed E-state index contributed by atoms with van der Waals surface area (Å²) >= 11 is 0. The third-order valence-corrected chi connectivity index (χ3v) is 4.46. The van der Waals surface area contributed by atoms with Crippen molar-refractivity contribution >= 4 is 11.6 Å². The lowest BCUT2D eigenvalue weighted by Gasteiger charge is -2.20. The maximum absolute atomic E-state index is 12.9. The second-order valence-electron chi connectivity index (χ2n) is 6.48. The molecule has 138 valence electrons. The van der Waals surface area contributed by atoms with Gasteiger partial charge in [-0.25, -0.2) is 0 Å². The molecule has 5 nitrogen and oxygen atoms in total. The maximum atomic E-state index is 12.9. The molecule has 1 N–H and O–H groups in total. The number of carbonyl (C=O) groups is 1. The van der Waals surface area contributed by atoms with E-state index in [-0.39, 0.29) is 16.9 Å². The Morgan fingerprint density at radius 3 is 2.48 bits per heavy atom. The number of aromatic nitrogens is 2. The van der Waals surface area contributed by atoms with Gasteiger partial charge in [0, 0.05) is 42.1 Å². The number of nitrogens with zero attached hydrogens (tertiary/aromatic N) is 2. The molecule has 2 aromatic heterocycles. The Labute approximate surface area is 158 Å². The third-order valence-electron chi connectivity index (χ3n) is 4.46. The van der Waals surface area contributed by atoms with Crippen molar-refractivity contribution in [2.45, 2.75) is 33.2 Å². The quantitative estimate of drug-likeness (QED) is 0.726. The van der Waals surface area contributed by atoms with Crippen molar-refractivity contribution in [2.75, 3.05) is 5.32 Å². The van der Waals surface area contributed by atoms with Crippen LogP contribution in [0.15, 0.2) is 65.7 Å². The van der Waals surface area contributed by atoms with E-state index in [2.05, 4.69) is 14.9 Å². The molecule has 0 aliphatic carbocycles. The summed E-state index contributed by atoms with van der Waals surface area (Å²) in [4.78, 5) is 29.7. The molecule has 0 unspecified atom stereocenters. The minimum Gasteiger partial charge on any atom is -0.343 e. The topological polar surface area (TPSA) is 64.0 Å². The molecular weight excluding hydrogens is 338 g/mol. The van der Waals surface area contributed by atoms with E-state index in [4.69, 9.17) is 0 Å². The molecule has 0 saturated carbocycles. The summed E-state index contributed by atoms with van der Waals surface area (Å²) in [7, 11) is 0. The van der Waals surface area contributed by atoms with Gasteiger partial charge in [0.05, 0.1) is 0 Å². The van der Waals surface area contributed by atoms with E-state index >= 15 is 0 Å². The second-order valence-corrected chi connectivity index (χ2v) is 6.48. The van der Waals surface area contributed by atoms with Gasteiger partial charge in [-0.3, -0.25) is 14.6 Å². The van der Waals surface area contributed by atoms with Crippen LogP contribution in [0, 0.1) is 6.92 Å². The number of pyridine rings is 2. The first kappa shape index (κ1) is 18.6. The molecule has 1 amide bonds. The molecular formula is C22H23N3O2. The number of para-hydroxylation sites is 1. The fourth-order valence-electron chi connectivity index (χ4n) is 3.18. The number of carbonyl (C=O) groups excluding carboxylic acids is 1. The van der Waals surface area contributed by atoms with Crippen molar-refractivity contribution in [3.63, 3.8) is 0 Å². The zero-order valence-electron chi connectivity index (χ0n) is 15.6. The molecule has 3 rings (SSSR count). The smallest absolute Gasteiger partial charge is 0.261 e. The van der Waals surface area contributed by atoms with Crippen molar-refractivity contribution < 1.29 is 4.79 Å². The lowest BCUT2D eigenvalue weighted by atomic mass is 10.1. The highest BCUT2D eigenvalue weighted by Crippen LogP contribution is 2.16. The normalized spacial score (nSPS) is 10.6. The lowest BCUT2D eigenvalue weighted by molar-refractivity contribution is 0.102. The highest BCUT2D eigenvalue weighted by molar-refractivity contribution is 6.05. The van der Waals surface area contributed by atoms with Crippen molar-refractivity contribution in [3.8, 4) is 0 Å². The average molecular weight is 361 g/mol. The number of amides is 1. The minimum absolute atomic E-state index is 0.223. The van der Waals surface area contributed by atoms with Crippen LogP contribution in [0.25, 0.3) is 0 Å². The molecule has 0 spiro atoms. The Morgan fingerprint density at radius 1 is 1.11 bits per heavy atom. The van der Waals surface area contributed by atoms with Crippen LogP contribution in [-0.2, 0) is 13.0 Å². The number of anilines is 1. The largest absolute Gasteiger partial charge is 0.343 e. The molecule has 0 aliphatic rings. The van der Waals surface area contributed by atoms with Crippen LogP contribution in [0.1, 0.15) is 40.7 Å². The molecule has 27 heavy (non-hydrogen) atoms. The summed E-state index contributed by atoms with van der Waals surface area (Å²) in [5.74, 6) is -0.363. The molecule has 5 heteroatoms. The van der Waals surface area contributed by atoms with Crippen LogP contribution in [0.4, 0.5) is 5.69 Å². The van der Waals surface area contributed by atoms with Crippen LogP contribution >= 0.6 is 0 Å². The minimum atomic E-state index is -0.363. The SMILES string of the molecule is CCCc1c(C(=O)Nc2ccccc2)c(=O)cc(C)n1Cc1ccncc1. The Morgan fingerprint density at radius 2 is 1.81 bits per heavy atom. The first-order valence-electron chi connectivity index (χ1n) is 9.08. The standard InChI is InChI=1S/C22H23N3O2/c1-3-7-19-21(22(27)24-18-8-5-4-6-9-18)20(26)14-16(2)25(19)15-17-10-12-23-13-11-17/h4-6,8-14H,3,7,15H2,1-2H3,(H,24,27). The highest BCUT2D eigenvalue weighted by Gasteiger charge is 2.20. The Bertz CT molecular complexity index is 980. The second kappa shape index (κ2) is 8.45. The number of benzene rings is 1. The van der Waals surface area contributed by atoms with Gasteiger partial charge in [0.25, 0.3) is 5.91 Å². The Kier molecular flexibility index (Phi) is 5.81. The zero-order valence-corrected chi connectivity index (χ0v) is 15.6. The van der Waals surface area contributed by atoms with E-state index in [1.54, 1.807) is 30.6 Å². The molecule has 1 aromatic carbocycles. The van der Waals surface area contributed by atoms with Crippen molar-refractivity contribution in [2.24, 2.45) is 0 Å². The first-order chi connectivity index (χ1) is 13.1. The van der Waals surface area contributed by atoms with Crippen molar-refractivity contribution in [1.29, 1.82) is 0 Å². The van der Waals surface area contributed by atoms with Gasteiger partial charge in [-0.05, 0) is 43.2 Å². The molecule has 0 radical (unpaired) electrons. The van der Waals surface area contributed by atoms with E-state index in [1.807, 2.05) is 44.2 Å². The van der Waals surface area contributed by atoms with Gasteiger partial charge in [-0.15, -0.1) is 0 Å². The Hall–Kier alpha value is -3.21. The molecule has 3 aromatic rings. The molecule has 0 atom stereocenters. The summed E-state index contributed by atoms with van der Waals surface area (Å²) in [5, 5.41) is 2.85. The number of hydrogen-bond acceptors (Lipinski definition) is 3. The van der Waals surface area contributed by atoms with Crippen LogP contribution < -0.4 is 10.7 Å². The van der Waals surface area contributed by atoms with E-state index in [0.717, 1.165) is 23.4 Å². The summed E-state index contributed by atoms with van der Waals surface area (Å²) < 4.78 is 2.06. The first-order valence-corrected chi connectivity index (χ1v) is 9.08. The molecule has 0 saturated heterocycles. The number of aryl methyl sites for hydroxylation is 1. The number of nitrogens with one attached hydrogen (secondary N) is 1. The van der Waals surface area contributed by atoms with E-state index in [1.165, 1.54) is 0 Å². The van der Waals surface area contributed by atoms with Gasteiger partial charge in [-0.2, -0.15) is 0 Å². The fourth-order valence-corrected chi connectivity index (χ4v) is 3.18. The number of hydrogen-bond donors (Lipinski definition) is 1. The molecule has 2 heterocycles. The van der Waals surface area contributed by atoms with Gasteiger partial charge >= 0.3 is 0 Å². The molecule has 0 fully saturated rings. The van der Waals surface area contributed by atoms with Crippen LogP contribution in [0.5, 0.6) is 0 Å². The zero-order chi connectivity index (χ0) is 19.2. The van der Waals surface area contributed by atoms with Crippen LogP contribution in [-0.4, -0.2) is 15.5 Å². The van der Waals surface area contributed by atoms with Crippen LogP contribution in [0.3, 0.4) is 0 Å². The van der Waals surface area contributed by atoms with Gasteiger partial charge in [0.2, 0.25) is 0 Å². The van der Waals surface area contributed by atoms with E-state index < -0.39 is 0 Å². The fraction of sp³-hybridized carbons (Fsp3) is 0.227. The predicted molar refractivity (Wildman–Crippen MR) is 107 cm³/mol. The summed E-state index contributed by atoms with van der Waals surface area (Å²) in [5.41, 5.74) is 3.34. The predicted octanol–water partition coefficient (Wildman–Crippen LogP) is 3.80. The third kappa shape index (κ3) is 4.31. The maximum Gasteiger partial charge on any atom is 0.261 e. The monoisotopic (exact) mass is 361 g/mol.